The normalized spacial score (nSPS) is 11.2. The molecule has 0 saturated carbocycles. The highest BCUT2D eigenvalue weighted by Crippen LogP contribution is 2.31. The van der Waals surface area contributed by atoms with Gasteiger partial charge in [-0.05, 0) is 49.4 Å². The number of aromatic carboxylic acids is 1. The van der Waals surface area contributed by atoms with Crippen LogP contribution in [0, 0.1) is 17.0 Å². The van der Waals surface area contributed by atoms with Gasteiger partial charge in [-0.2, -0.15) is 0 Å². The number of rotatable bonds is 5. The van der Waals surface area contributed by atoms with Gasteiger partial charge in [-0.3, -0.25) is 10.1 Å². The summed E-state index contributed by atoms with van der Waals surface area (Å²) >= 11 is 6.11. The van der Waals surface area contributed by atoms with Crippen LogP contribution in [0.15, 0.2) is 39.3 Å². The number of hydrogen-bond donors (Lipinski definition) is 1. The highest BCUT2D eigenvalue weighted by atomic mass is 35.5. The average molecular weight is 375 g/mol. The average Bonchev–Trinajstić information content (AvgIpc) is 3.19. The fourth-order valence-electron chi connectivity index (χ4n) is 2.31. The second kappa shape index (κ2) is 6.85. The Morgan fingerprint density at radius 2 is 2.08 bits per heavy atom. The van der Waals surface area contributed by atoms with Crippen LogP contribution in [0.3, 0.4) is 0 Å². The molecule has 0 aliphatic rings. The molecule has 2 heterocycles. The lowest BCUT2D eigenvalue weighted by atomic mass is 10.1. The maximum absolute atomic E-state index is 11.1. The summed E-state index contributed by atoms with van der Waals surface area (Å²) < 4.78 is 10.5. The summed E-state index contributed by atoms with van der Waals surface area (Å²) in [6.07, 6.45) is 2.85. The molecule has 0 unspecified atom stereocenters. The Bertz CT molecular complexity index is 1030. The molecule has 9 heteroatoms. The van der Waals surface area contributed by atoms with Crippen LogP contribution in [0.4, 0.5) is 5.69 Å². The van der Waals surface area contributed by atoms with E-state index in [-0.39, 0.29) is 22.7 Å². The minimum atomic E-state index is -1.08. The molecular formula is C17H11ClN2O6. The molecule has 0 atom stereocenters. The standard InChI is InChI=1S/C17H11ClN2O6/c1-9-16(20(23)24)15(26-19-9)7-4-11-3-6-14(25-11)12-8-10(17(21)22)2-5-13(12)18/h2-8H,1H3,(H,21,22)/b7-4+. The molecule has 26 heavy (non-hydrogen) atoms. The van der Waals surface area contributed by atoms with Gasteiger partial charge in [-0.1, -0.05) is 16.8 Å². The molecule has 8 nitrogen and oxygen atoms in total. The largest absolute Gasteiger partial charge is 0.478 e. The van der Waals surface area contributed by atoms with Gasteiger partial charge in [0.1, 0.15) is 11.5 Å². The SMILES string of the molecule is Cc1noc(/C=C/c2ccc(-c3cc(C(=O)O)ccc3Cl)o2)c1[N+](=O)[O-]. The van der Waals surface area contributed by atoms with E-state index < -0.39 is 10.9 Å². The minimum Gasteiger partial charge on any atom is -0.478 e. The van der Waals surface area contributed by atoms with Gasteiger partial charge in [0.05, 0.1) is 15.5 Å². The Morgan fingerprint density at radius 1 is 1.31 bits per heavy atom. The van der Waals surface area contributed by atoms with Gasteiger partial charge in [0.2, 0.25) is 5.76 Å². The number of benzene rings is 1. The molecule has 0 bridgehead atoms. The summed E-state index contributed by atoms with van der Waals surface area (Å²) in [4.78, 5) is 21.5. The summed E-state index contributed by atoms with van der Waals surface area (Å²) in [5, 5.41) is 24.0. The number of halogens is 1. The van der Waals surface area contributed by atoms with Crippen molar-refractivity contribution in [2.45, 2.75) is 6.92 Å². The van der Waals surface area contributed by atoms with Crippen LogP contribution >= 0.6 is 11.6 Å². The zero-order chi connectivity index (χ0) is 18.8. The van der Waals surface area contributed by atoms with Crippen LogP contribution in [0.25, 0.3) is 23.5 Å². The van der Waals surface area contributed by atoms with Crippen molar-refractivity contribution in [2.24, 2.45) is 0 Å². The number of carboxylic acid groups (broad SMARTS) is 1. The van der Waals surface area contributed by atoms with Crippen molar-refractivity contribution in [1.82, 2.24) is 5.16 Å². The van der Waals surface area contributed by atoms with E-state index in [4.69, 9.17) is 25.6 Å². The predicted octanol–water partition coefficient (Wildman–Crippen LogP) is 4.67. The van der Waals surface area contributed by atoms with Crippen LogP contribution in [0.1, 0.15) is 27.6 Å². The summed E-state index contributed by atoms with van der Waals surface area (Å²) in [6.45, 7) is 1.47. The van der Waals surface area contributed by atoms with E-state index in [1.165, 1.54) is 37.3 Å². The van der Waals surface area contributed by atoms with Crippen molar-refractivity contribution in [3.8, 4) is 11.3 Å². The Balaban J connectivity index is 1.91. The highest BCUT2D eigenvalue weighted by Gasteiger charge is 2.22. The molecule has 0 spiro atoms. The zero-order valence-electron chi connectivity index (χ0n) is 13.3. The number of nitro groups is 1. The predicted molar refractivity (Wildman–Crippen MR) is 92.9 cm³/mol. The van der Waals surface area contributed by atoms with E-state index in [9.17, 15) is 14.9 Å². The van der Waals surface area contributed by atoms with Crippen LogP contribution in [-0.2, 0) is 0 Å². The Labute approximate surface area is 151 Å². The summed E-state index contributed by atoms with van der Waals surface area (Å²) in [5.41, 5.74) is 0.454. The van der Waals surface area contributed by atoms with Crippen LogP contribution in [0.5, 0.6) is 0 Å². The minimum absolute atomic E-state index is 0.00337. The first-order valence-electron chi connectivity index (χ1n) is 7.28. The number of furan rings is 1. The molecule has 2 aromatic heterocycles. The third kappa shape index (κ3) is 3.35. The summed E-state index contributed by atoms with van der Waals surface area (Å²) in [5.74, 6) is -0.347. The van der Waals surface area contributed by atoms with Crippen molar-refractivity contribution in [2.75, 3.05) is 0 Å². The van der Waals surface area contributed by atoms with E-state index in [1.807, 2.05) is 0 Å². The second-order valence-electron chi connectivity index (χ2n) is 5.27. The molecule has 3 aromatic rings. The fraction of sp³-hybridized carbons (Fsp3) is 0.0588. The number of aromatic nitrogens is 1. The van der Waals surface area contributed by atoms with E-state index in [0.717, 1.165) is 0 Å². The van der Waals surface area contributed by atoms with E-state index in [1.54, 1.807) is 12.1 Å². The monoisotopic (exact) mass is 374 g/mol. The van der Waals surface area contributed by atoms with E-state index in [0.29, 0.717) is 22.1 Å². The van der Waals surface area contributed by atoms with Gasteiger partial charge < -0.3 is 14.0 Å². The third-order valence-electron chi connectivity index (χ3n) is 3.54. The molecule has 0 aliphatic heterocycles. The molecule has 1 N–H and O–H groups in total. The van der Waals surface area contributed by atoms with Crippen molar-refractivity contribution in [1.29, 1.82) is 0 Å². The van der Waals surface area contributed by atoms with E-state index in [2.05, 4.69) is 5.16 Å². The maximum atomic E-state index is 11.1. The lowest BCUT2D eigenvalue weighted by Gasteiger charge is -2.02. The molecule has 3 rings (SSSR count). The first-order chi connectivity index (χ1) is 12.4. The third-order valence-corrected chi connectivity index (χ3v) is 3.87. The van der Waals surface area contributed by atoms with Gasteiger partial charge in [-0.15, -0.1) is 0 Å². The fourth-order valence-corrected chi connectivity index (χ4v) is 2.52. The number of carboxylic acids is 1. The van der Waals surface area contributed by atoms with Gasteiger partial charge in [0.25, 0.3) is 0 Å². The Kier molecular flexibility index (Phi) is 4.59. The Morgan fingerprint density at radius 3 is 2.77 bits per heavy atom. The van der Waals surface area contributed by atoms with E-state index >= 15 is 0 Å². The zero-order valence-corrected chi connectivity index (χ0v) is 14.1. The quantitative estimate of drug-likeness (QED) is 0.508. The first-order valence-corrected chi connectivity index (χ1v) is 7.66. The van der Waals surface area contributed by atoms with Crippen molar-refractivity contribution in [3.05, 3.63) is 68.2 Å². The summed E-state index contributed by atoms with van der Waals surface area (Å²) in [6, 6.07) is 7.50. The number of hydrogen-bond acceptors (Lipinski definition) is 6. The van der Waals surface area contributed by atoms with Crippen LogP contribution in [0.2, 0.25) is 5.02 Å². The molecule has 0 aliphatic carbocycles. The number of carbonyl (C=O) groups is 1. The van der Waals surface area contributed by atoms with Gasteiger partial charge in [-0.25, -0.2) is 4.79 Å². The smallest absolute Gasteiger partial charge is 0.338 e. The molecule has 0 amide bonds. The molecule has 0 saturated heterocycles. The lowest BCUT2D eigenvalue weighted by Crippen LogP contribution is -1.96. The first kappa shape index (κ1) is 17.4. The van der Waals surface area contributed by atoms with Crippen molar-refractivity contribution in [3.63, 3.8) is 0 Å². The van der Waals surface area contributed by atoms with Crippen molar-refractivity contribution < 1.29 is 23.8 Å². The second-order valence-corrected chi connectivity index (χ2v) is 5.68. The Hall–Kier alpha value is -3.39. The molecular weight excluding hydrogens is 364 g/mol. The molecule has 1 aromatic carbocycles. The maximum Gasteiger partial charge on any atom is 0.338 e. The van der Waals surface area contributed by atoms with Crippen molar-refractivity contribution >= 4 is 35.4 Å². The topological polar surface area (TPSA) is 120 Å². The molecule has 0 fully saturated rings. The van der Waals surface area contributed by atoms with Gasteiger partial charge in [0, 0.05) is 5.56 Å². The number of nitrogens with zero attached hydrogens (tertiary/aromatic N) is 2. The van der Waals surface area contributed by atoms with Gasteiger partial charge >= 0.3 is 11.7 Å². The summed E-state index contributed by atoms with van der Waals surface area (Å²) in [7, 11) is 0. The van der Waals surface area contributed by atoms with Gasteiger partial charge in [0.15, 0.2) is 5.69 Å². The highest BCUT2D eigenvalue weighted by molar-refractivity contribution is 6.33. The lowest BCUT2D eigenvalue weighted by molar-refractivity contribution is -0.386. The van der Waals surface area contributed by atoms with Crippen LogP contribution < -0.4 is 0 Å². The number of aryl methyl sites for hydroxylation is 1. The van der Waals surface area contributed by atoms with Crippen LogP contribution in [-0.4, -0.2) is 21.2 Å². The molecule has 132 valence electrons. The molecule has 0 radical (unpaired) electrons.